The minimum absolute atomic E-state index is 0.0598. The van der Waals surface area contributed by atoms with E-state index in [-0.39, 0.29) is 28.7 Å². The fourth-order valence-corrected chi connectivity index (χ4v) is 4.74. The molecule has 3 aromatic rings. The predicted molar refractivity (Wildman–Crippen MR) is 123 cm³/mol. The molecule has 0 aliphatic carbocycles. The van der Waals surface area contributed by atoms with Crippen LogP contribution in [0.15, 0.2) is 40.3 Å². The Labute approximate surface area is 186 Å². The lowest BCUT2D eigenvalue weighted by Crippen LogP contribution is -2.43. The van der Waals surface area contributed by atoms with Crippen LogP contribution in [0, 0.1) is 0 Å². The van der Waals surface area contributed by atoms with Crippen molar-refractivity contribution in [1.82, 2.24) is 24.5 Å². The van der Waals surface area contributed by atoms with E-state index in [2.05, 4.69) is 54.9 Å². The number of aromatic nitrogens is 4. The minimum atomic E-state index is -0.243. The van der Waals surface area contributed by atoms with Gasteiger partial charge in [0, 0.05) is 24.2 Å². The highest BCUT2D eigenvalue weighted by Gasteiger charge is 2.24. The third-order valence-corrected chi connectivity index (χ3v) is 6.71. The maximum atomic E-state index is 12.8. The number of thioether (sulfide) groups is 1. The molecule has 3 heterocycles. The first-order valence-corrected chi connectivity index (χ1v) is 11.7. The molecule has 2 aromatic heterocycles. The fourth-order valence-electron chi connectivity index (χ4n) is 3.91. The molecule has 4 rings (SSSR count). The number of H-pyrrole nitrogens is 1. The van der Waals surface area contributed by atoms with Crippen molar-refractivity contribution in [2.45, 2.75) is 63.6 Å². The second-order valence-electron chi connectivity index (χ2n) is 9.19. The van der Waals surface area contributed by atoms with E-state index in [1.165, 1.54) is 29.8 Å². The summed E-state index contributed by atoms with van der Waals surface area (Å²) in [5.74, 6) is 0.925. The van der Waals surface area contributed by atoms with Crippen LogP contribution in [0.1, 0.15) is 52.5 Å². The average molecular weight is 440 g/mol. The Kier molecular flexibility index (Phi) is 5.92. The van der Waals surface area contributed by atoms with Crippen LogP contribution < -0.4 is 5.56 Å². The van der Waals surface area contributed by atoms with E-state index < -0.39 is 0 Å². The van der Waals surface area contributed by atoms with Gasteiger partial charge in [0.25, 0.3) is 5.56 Å². The number of aromatic amines is 1. The summed E-state index contributed by atoms with van der Waals surface area (Å²) in [6, 6.07) is 9.90. The number of benzene rings is 1. The van der Waals surface area contributed by atoms with Gasteiger partial charge in [-0.3, -0.25) is 14.7 Å². The Bertz CT molecular complexity index is 1140. The molecule has 1 unspecified atom stereocenters. The maximum Gasteiger partial charge on any atom is 0.266 e. The van der Waals surface area contributed by atoms with Gasteiger partial charge in [-0.15, -0.1) is 0 Å². The van der Waals surface area contributed by atoms with Crippen LogP contribution in [0.3, 0.4) is 0 Å². The molecule has 31 heavy (non-hydrogen) atoms. The quantitative estimate of drug-likeness (QED) is 0.624. The molecule has 1 aliphatic heterocycles. The zero-order valence-electron chi connectivity index (χ0n) is 18.5. The molecule has 8 heteroatoms. The van der Waals surface area contributed by atoms with Crippen LogP contribution in [-0.4, -0.2) is 48.7 Å². The monoisotopic (exact) mass is 439 g/mol. The highest BCUT2D eigenvalue weighted by molar-refractivity contribution is 7.99. The van der Waals surface area contributed by atoms with Crippen molar-refractivity contribution in [3.05, 3.63) is 46.2 Å². The lowest BCUT2D eigenvalue weighted by molar-refractivity contribution is -0.131. The largest absolute Gasteiger partial charge is 0.339 e. The van der Waals surface area contributed by atoms with Gasteiger partial charge in [0.15, 0.2) is 16.6 Å². The van der Waals surface area contributed by atoms with E-state index in [9.17, 15) is 9.59 Å². The number of carbonyl (C=O) groups excluding carboxylic acids is 1. The normalized spacial score (nSPS) is 17.3. The number of hydrogen-bond acceptors (Lipinski definition) is 5. The number of nitrogens with zero attached hydrogens (tertiary/aromatic N) is 4. The van der Waals surface area contributed by atoms with Crippen molar-refractivity contribution in [2.75, 3.05) is 12.3 Å². The number of piperidine rings is 1. The summed E-state index contributed by atoms with van der Waals surface area (Å²) < 4.78 is 1.56. The topological polar surface area (TPSA) is 83.4 Å². The molecule has 1 N–H and O–H groups in total. The van der Waals surface area contributed by atoms with Crippen LogP contribution >= 0.6 is 11.8 Å². The van der Waals surface area contributed by atoms with Gasteiger partial charge in [-0.1, -0.05) is 56.8 Å². The summed E-state index contributed by atoms with van der Waals surface area (Å²) >= 11 is 1.33. The number of nitrogens with one attached hydrogen (secondary N) is 1. The molecule has 1 aromatic carbocycles. The summed E-state index contributed by atoms with van der Waals surface area (Å²) in [4.78, 5) is 35.9. The van der Waals surface area contributed by atoms with Crippen LogP contribution in [0.5, 0.6) is 0 Å². The summed E-state index contributed by atoms with van der Waals surface area (Å²) in [6.45, 7) is 9.43. The van der Waals surface area contributed by atoms with Crippen molar-refractivity contribution in [3.8, 4) is 11.4 Å². The smallest absolute Gasteiger partial charge is 0.266 e. The van der Waals surface area contributed by atoms with Crippen LogP contribution in [-0.2, 0) is 10.2 Å². The molecule has 164 valence electrons. The highest BCUT2D eigenvalue weighted by Crippen LogP contribution is 2.27. The number of carbonyl (C=O) groups is 1. The molecule has 1 amide bonds. The van der Waals surface area contributed by atoms with Crippen LogP contribution in [0.2, 0.25) is 0 Å². The SMILES string of the molecule is CC1CCCCN1C(=O)CSc1nc(-c2ccc(C(C)(C)C)cc2)nc2cc(=O)[nH]n12. The predicted octanol–water partition coefficient (Wildman–Crippen LogP) is 3.88. The summed E-state index contributed by atoms with van der Waals surface area (Å²) in [5.41, 5.74) is 2.42. The fraction of sp³-hybridized carbons (Fsp3) is 0.478. The Morgan fingerprint density at radius 2 is 1.94 bits per heavy atom. The number of hydrogen-bond donors (Lipinski definition) is 1. The van der Waals surface area contributed by atoms with E-state index in [1.54, 1.807) is 4.52 Å². The Balaban J connectivity index is 1.62. The molecule has 1 saturated heterocycles. The molecule has 1 aliphatic rings. The molecular weight excluding hydrogens is 410 g/mol. The zero-order valence-corrected chi connectivity index (χ0v) is 19.3. The third-order valence-electron chi connectivity index (χ3n) is 5.78. The third kappa shape index (κ3) is 4.69. The van der Waals surface area contributed by atoms with Gasteiger partial charge in [-0.2, -0.15) is 0 Å². The first-order valence-electron chi connectivity index (χ1n) is 10.8. The van der Waals surface area contributed by atoms with Gasteiger partial charge >= 0.3 is 0 Å². The molecule has 0 bridgehead atoms. The number of amides is 1. The molecule has 1 fully saturated rings. The van der Waals surface area contributed by atoms with Crippen LogP contribution in [0.4, 0.5) is 0 Å². The maximum absolute atomic E-state index is 12.8. The van der Waals surface area contributed by atoms with E-state index in [4.69, 9.17) is 0 Å². The van der Waals surface area contributed by atoms with Crippen molar-refractivity contribution in [3.63, 3.8) is 0 Å². The first-order chi connectivity index (χ1) is 14.7. The number of rotatable bonds is 4. The molecule has 0 radical (unpaired) electrons. The van der Waals surface area contributed by atoms with E-state index in [0.717, 1.165) is 24.9 Å². The van der Waals surface area contributed by atoms with E-state index in [1.807, 2.05) is 17.0 Å². The van der Waals surface area contributed by atoms with Crippen molar-refractivity contribution in [1.29, 1.82) is 0 Å². The standard InChI is InChI=1S/C23H29N5O2S/c1-15-7-5-6-12-27(15)20(30)14-31-22-25-21(24-18-13-19(29)26-28(18)22)16-8-10-17(11-9-16)23(2,3)4/h8-11,13,15H,5-7,12,14H2,1-4H3,(H,26,29). The number of fused-ring (bicyclic) bond motifs is 1. The molecule has 0 saturated carbocycles. The Hall–Kier alpha value is -2.61. The van der Waals surface area contributed by atoms with Crippen LogP contribution in [0.25, 0.3) is 17.0 Å². The minimum Gasteiger partial charge on any atom is -0.339 e. The lowest BCUT2D eigenvalue weighted by Gasteiger charge is -2.33. The Morgan fingerprint density at radius 1 is 1.19 bits per heavy atom. The van der Waals surface area contributed by atoms with Gasteiger partial charge in [0.2, 0.25) is 5.91 Å². The molecule has 7 nitrogen and oxygen atoms in total. The van der Waals surface area contributed by atoms with Crippen molar-refractivity contribution >= 4 is 23.3 Å². The first kappa shape index (κ1) is 21.6. The molecular formula is C23H29N5O2S. The van der Waals surface area contributed by atoms with Gasteiger partial charge < -0.3 is 4.90 Å². The molecule has 0 spiro atoms. The average Bonchev–Trinajstić information content (AvgIpc) is 3.11. The van der Waals surface area contributed by atoms with Gasteiger partial charge in [0.1, 0.15) is 0 Å². The van der Waals surface area contributed by atoms with Crippen molar-refractivity contribution in [2.24, 2.45) is 0 Å². The summed E-state index contributed by atoms with van der Waals surface area (Å²) in [7, 11) is 0. The van der Waals surface area contributed by atoms with Gasteiger partial charge in [-0.25, -0.2) is 14.5 Å². The molecule has 1 atom stereocenters. The Morgan fingerprint density at radius 3 is 2.61 bits per heavy atom. The zero-order chi connectivity index (χ0) is 22.2. The number of likely N-dealkylation sites (tertiary alicyclic amines) is 1. The van der Waals surface area contributed by atoms with E-state index >= 15 is 0 Å². The van der Waals surface area contributed by atoms with E-state index in [0.29, 0.717) is 16.6 Å². The van der Waals surface area contributed by atoms with Gasteiger partial charge in [0.05, 0.1) is 5.75 Å². The summed E-state index contributed by atoms with van der Waals surface area (Å²) in [5, 5.41) is 3.29. The highest BCUT2D eigenvalue weighted by atomic mass is 32.2. The van der Waals surface area contributed by atoms with Crippen molar-refractivity contribution < 1.29 is 4.79 Å². The second-order valence-corrected chi connectivity index (χ2v) is 10.1. The lowest BCUT2D eigenvalue weighted by atomic mass is 9.87. The second kappa shape index (κ2) is 8.49. The van der Waals surface area contributed by atoms with Gasteiger partial charge in [-0.05, 0) is 37.2 Å². The summed E-state index contributed by atoms with van der Waals surface area (Å²) in [6.07, 6.45) is 3.28.